The summed E-state index contributed by atoms with van der Waals surface area (Å²) in [5, 5.41) is 19.4. The molecule has 8 nitrogen and oxygen atoms in total. The number of anilines is 1. The lowest BCUT2D eigenvalue weighted by Crippen LogP contribution is -2.21. The third kappa shape index (κ3) is 2.35. The van der Waals surface area contributed by atoms with E-state index in [-0.39, 0.29) is 33.0 Å². The fraction of sp³-hybridized carbons (Fsp3) is 0.0667. The average molecular weight is 342 g/mol. The number of methoxy groups -OCH3 is 1. The average Bonchev–Trinajstić information content (AvgIpc) is 2.53. The molecular formula is C15H12N5O3S+. The molecule has 0 aliphatic heterocycles. The van der Waals surface area contributed by atoms with E-state index in [0.29, 0.717) is 16.8 Å². The largest absolute Gasteiger partial charge is 0.504 e. The van der Waals surface area contributed by atoms with Crippen LogP contribution in [0.2, 0.25) is 0 Å². The molecule has 6 N–H and O–H groups in total. The van der Waals surface area contributed by atoms with Crippen molar-refractivity contribution in [2.45, 2.75) is 0 Å². The molecule has 120 valence electrons. The van der Waals surface area contributed by atoms with Crippen molar-refractivity contribution >= 4 is 29.1 Å². The van der Waals surface area contributed by atoms with E-state index in [1.54, 1.807) is 6.07 Å². The number of aromatic nitrogens is 3. The van der Waals surface area contributed by atoms with Crippen LogP contribution in [0.3, 0.4) is 0 Å². The molecule has 3 rings (SSSR count). The first-order chi connectivity index (χ1) is 11.5. The molecule has 0 bridgehead atoms. The van der Waals surface area contributed by atoms with Gasteiger partial charge in [0.25, 0.3) is 5.56 Å². The minimum Gasteiger partial charge on any atom is -0.504 e. The van der Waals surface area contributed by atoms with Crippen molar-refractivity contribution in [1.82, 2.24) is 9.97 Å². The van der Waals surface area contributed by atoms with Gasteiger partial charge in [0, 0.05) is 5.56 Å². The predicted octanol–water partition coefficient (Wildman–Crippen LogP) is 1.23. The smallest absolute Gasteiger partial charge is 0.265 e. The zero-order valence-corrected chi connectivity index (χ0v) is 13.2. The molecule has 3 aromatic rings. The molecule has 0 aliphatic carbocycles. The van der Waals surface area contributed by atoms with Gasteiger partial charge in [-0.05, 0) is 29.9 Å². The topological polar surface area (TPSA) is 142 Å². The molecule has 0 amide bonds. The van der Waals surface area contributed by atoms with Crippen LogP contribution in [0.1, 0.15) is 5.56 Å². The summed E-state index contributed by atoms with van der Waals surface area (Å²) in [5.74, 6) is 0.229. The van der Waals surface area contributed by atoms with Gasteiger partial charge in [0.15, 0.2) is 11.5 Å². The molecule has 0 saturated carbocycles. The van der Waals surface area contributed by atoms with Crippen LogP contribution in [-0.2, 0) is 0 Å². The highest BCUT2D eigenvalue weighted by atomic mass is 32.1. The lowest BCUT2D eigenvalue weighted by atomic mass is 9.97. The highest BCUT2D eigenvalue weighted by Crippen LogP contribution is 2.35. The number of rotatable bonds is 2. The normalized spacial score (nSPS) is 10.5. The van der Waals surface area contributed by atoms with E-state index in [1.165, 1.54) is 19.2 Å². The summed E-state index contributed by atoms with van der Waals surface area (Å²) < 4.78 is 5.22. The molecule has 9 heteroatoms. The van der Waals surface area contributed by atoms with Crippen LogP contribution in [0.4, 0.5) is 5.82 Å². The van der Waals surface area contributed by atoms with Crippen molar-refractivity contribution in [3.63, 3.8) is 0 Å². The molecule has 24 heavy (non-hydrogen) atoms. The minimum absolute atomic E-state index is 0.0622. The molecular weight excluding hydrogens is 330 g/mol. The number of ether oxygens (including phenoxy) is 1. The van der Waals surface area contributed by atoms with E-state index >= 15 is 0 Å². The van der Waals surface area contributed by atoms with Gasteiger partial charge < -0.3 is 15.6 Å². The molecule has 2 heterocycles. The van der Waals surface area contributed by atoms with Gasteiger partial charge in [0.2, 0.25) is 16.2 Å². The highest BCUT2D eigenvalue weighted by Gasteiger charge is 2.21. The van der Waals surface area contributed by atoms with Crippen LogP contribution < -0.4 is 21.0 Å². The first-order valence-corrected chi connectivity index (χ1v) is 7.15. The third-order valence-electron chi connectivity index (χ3n) is 3.55. The molecule has 1 aromatic carbocycles. The Hall–Kier alpha value is -3.38. The number of aromatic hydroxyl groups is 1. The summed E-state index contributed by atoms with van der Waals surface area (Å²) in [5.41, 5.74) is 6.64. The van der Waals surface area contributed by atoms with Gasteiger partial charge >= 0.3 is 0 Å². The third-order valence-corrected chi connectivity index (χ3v) is 3.76. The lowest BCUT2D eigenvalue weighted by molar-refractivity contribution is -0.329. The maximum Gasteiger partial charge on any atom is 0.265 e. The summed E-state index contributed by atoms with van der Waals surface area (Å²) in [7, 11) is 1.40. The molecule has 0 saturated heterocycles. The Kier molecular flexibility index (Phi) is 3.67. The van der Waals surface area contributed by atoms with Crippen molar-refractivity contribution in [1.29, 1.82) is 5.26 Å². The van der Waals surface area contributed by atoms with Gasteiger partial charge in [-0.25, -0.2) is 9.97 Å². The highest BCUT2D eigenvalue weighted by molar-refractivity contribution is 7.71. The SMILES string of the molecule is COc1cc(-c2c(C#N)c(N)[nH+]c3[nH]c(=S)[nH]c(=O)c23)ccc1O. The number of nitrogen functional groups attached to an aromatic ring is 1. The van der Waals surface area contributed by atoms with Gasteiger partial charge in [-0.1, -0.05) is 6.07 Å². The lowest BCUT2D eigenvalue weighted by Gasteiger charge is -2.10. The van der Waals surface area contributed by atoms with Crippen molar-refractivity contribution in [2.24, 2.45) is 0 Å². The number of nitrogens with one attached hydrogen (secondary N) is 3. The van der Waals surface area contributed by atoms with E-state index < -0.39 is 5.56 Å². The summed E-state index contributed by atoms with van der Waals surface area (Å²) in [6.45, 7) is 0. The fourth-order valence-electron chi connectivity index (χ4n) is 2.51. The Morgan fingerprint density at radius 1 is 1.42 bits per heavy atom. The summed E-state index contributed by atoms with van der Waals surface area (Å²) in [4.78, 5) is 20.5. The van der Waals surface area contributed by atoms with Crippen LogP contribution in [0.15, 0.2) is 23.0 Å². The summed E-state index contributed by atoms with van der Waals surface area (Å²) in [6.07, 6.45) is 0. The Balaban J connectivity index is 2.53. The quantitative estimate of drug-likeness (QED) is 0.516. The van der Waals surface area contributed by atoms with Crippen molar-refractivity contribution in [2.75, 3.05) is 12.8 Å². The van der Waals surface area contributed by atoms with Crippen LogP contribution in [-0.4, -0.2) is 22.2 Å². The molecule has 2 aromatic heterocycles. The maximum atomic E-state index is 12.4. The minimum atomic E-state index is -0.469. The Bertz CT molecular complexity index is 1130. The molecule has 0 aliphatic rings. The number of hydrogen-bond donors (Lipinski definition) is 4. The number of pyridine rings is 1. The Morgan fingerprint density at radius 3 is 2.83 bits per heavy atom. The number of nitrogens with two attached hydrogens (primary N) is 1. The predicted molar refractivity (Wildman–Crippen MR) is 89.1 cm³/mol. The van der Waals surface area contributed by atoms with E-state index in [1.807, 2.05) is 6.07 Å². The van der Waals surface area contributed by atoms with Crippen LogP contribution in [0.5, 0.6) is 11.5 Å². The van der Waals surface area contributed by atoms with Crippen molar-refractivity contribution < 1.29 is 14.8 Å². The summed E-state index contributed by atoms with van der Waals surface area (Å²) in [6, 6.07) is 6.49. The number of aromatic amines is 3. The Morgan fingerprint density at radius 2 is 2.17 bits per heavy atom. The second kappa shape index (κ2) is 5.68. The second-order valence-electron chi connectivity index (χ2n) is 4.95. The standard InChI is InChI=1S/C15H11N5O3S/c1-23-9-4-6(2-3-8(9)21)10-7(5-16)12(17)18-13-11(10)14(22)20-15(24)19-13/h2-4,21H,1H3,(H4,17,18,19,20,22,24)/p+1. The van der Waals surface area contributed by atoms with E-state index in [2.05, 4.69) is 15.0 Å². The number of phenols is 1. The van der Waals surface area contributed by atoms with Gasteiger partial charge in [0.05, 0.1) is 7.11 Å². The monoisotopic (exact) mass is 342 g/mol. The van der Waals surface area contributed by atoms with Crippen LogP contribution in [0, 0.1) is 16.1 Å². The number of hydrogen-bond acceptors (Lipinski definition) is 6. The Labute approximate surface area is 140 Å². The summed E-state index contributed by atoms with van der Waals surface area (Å²) >= 11 is 4.96. The fourth-order valence-corrected chi connectivity index (χ4v) is 2.71. The maximum absolute atomic E-state index is 12.4. The molecule has 0 radical (unpaired) electrons. The zero-order valence-electron chi connectivity index (χ0n) is 12.4. The number of phenolic OH excluding ortho intramolecular Hbond substituents is 1. The number of benzene rings is 1. The van der Waals surface area contributed by atoms with E-state index in [9.17, 15) is 15.2 Å². The first-order valence-electron chi connectivity index (χ1n) is 6.74. The van der Waals surface area contributed by atoms with E-state index in [4.69, 9.17) is 22.7 Å². The number of nitrogens with zero attached hydrogens (tertiary/aromatic N) is 1. The molecule has 0 spiro atoms. The van der Waals surface area contributed by atoms with Crippen LogP contribution in [0.25, 0.3) is 22.2 Å². The van der Waals surface area contributed by atoms with E-state index in [0.717, 1.165) is 0 Å². The molecule has 0 fully saturated rings. The zero-order chi connectivity index (χ0) is 17.4. The van der Waals surface area contributed by atoms with Gasteiger partial charge in [-0.3, -0.25) is 9.78 Å². The first kappa shape index (κ1) is 15.5. The van der Waals surface area contributed by atoms with Gasteiger partial charge in [-0.15, -0.1) is 0 Å². The van der Waals surface area contributed by atoms with Gasteiger partial charge in [-0.2, -0.15) is 5.26 Å². The molecule has 0 atom stereocenters. The van der Waals surface area contributed by atoms with Gasteiger partial charge in [0.1, 0.15) is 17.0 Å². The second-order valence-corrected chi connectivity index (χ2v) is 5.35. The molecule has 0 unspecified atom stereocenters. The number of nitriles is 1. The van der Waals surface area contributed by atoms with Crippen molar-refractivity contribution in [3.05, 3.63) is 38.9 Å². The van der Waals surface area contributed by atoms with Crippen LogP contribution >= 0.6 is 12.2 Å². The van der Waals surface area contributed by atoms with Crippen molar-refractivity contribution in [3.8, 4) is 28.7 Å². The number of fused-ring (bicyclic) bond motifs is 1. The number of H-pyrrole nitrogens is 3.